The molecule has 2 aromatic carbocycles. The fourth-order valence-electron chi connectivity index (χ4n) is 9.85. The molecule has 6 rings (SSSR count). The number of allylic oxidation sites excluding steroid dienone is 3. The van der Waals surface area contributed by atoms with Crippen LogP contribution in [-0.2, 0) is 16.0 Å². The maximum Gasteiger partial charge on any atom is 0.186 e. The van der Waals surface area contributed by atoms with Crippen LogP contribution in [0, 0.1) is 35.5 Å². The second kappa shape index (κ2) is 17.9. The van der Waals surface area contributed by atoms with Gasteiger partial charge in [0.05, 0.1) is 25.4 Å². The fourth-order valence-corrected chi connectivity index (χ4v) is 9.85. The molecule has 4 aliphatic carbocycles. The number of ketones is 1. The molecule has 2 bridgehead atoms. The van der Waals surface area contributed by atoms with Crippen molar-refractivity contribution in [3.63, 3.8) is 0 Å². The Balaban J connectivity index is 1.57. The van der Waals surface area contributed by atoms with Crippen LogP contribution in [-0.4, -0.2) is 59.5 Å². The van der Waals surface area contributed by atoms with E-state index >= 15 is 0 Å². The number of ether oxygens (including phenoxy) is 2. The Hall–Kier alpha value is -4.26. The number of hydrogen-bond donors (Lipinski definition) is 5. The smallest absolute Gasteiger partial charge is 0.186 e. The van der Waals surface area contributed by atoms with Crippen LogP contribution in [0.3, 0.4) is 0 Å². The number of aryl methyl sites for hydroxylation is 1. The summed E-state index contributed by atoms with van der Waals surface area (Å²) in [7, 11) is 1.73. The third kappa shape index (κ3) is 8.98. The normalized spacial score (nSPS) is 26.8. The van der Waals surface area contributed by atoms with Crippen molar-refractivity contribution in [1.29, 1.82) is 0 Å². The number of fused-ring (bicyclic) bond motifs is 6. The van der Waals surface area contributed by atoms with E-state index in [1.807, 2.05) is 25.1 Å². The number of rotatable bonds is 13. The number of phenolic OH excluding ortho intramolecular Hbond substituents is 2. The van der Waals surface area contributed by atoms with Crippen LogP contribution >= 0.6 is 0 Å². The molecule has 2 aromatic rings. The van der Waals surface area contributed by atoms with Gasteiger partial charge in [0.1, 0.15) is 5.75 Å². The Labute approximate surface area is 320 Å². The maximum atomic E-state index is 13.4. The quantitative estimate of drug-likeness (QED) is 0.0476. The summed E-state index contributed by atoms with van der Waals surface area (Å²) in [5.41, 5.74) is 17.5. The van der Waals surface area contributed by atoms with Crippen LogP contribution in [0.2, 0.25) is 0 Å². The lowest BCUT2D eigenvalue weighted by Gasteiger charge is -2.49. The highest BCUT2D eigenvalue weighted by Crippen LogP contribution is 2.59. The summed E-state index contributed by atoms with van der Waals surface area (Å²) in [6, 6.07) is 9.27. The molecular weight excluding hydrogens is 679 g/mol. The predicted molar refractivity (Wildman–Crippen MR) is 213 cm³/mol. The van der Waals surface area contributed by atoms with Crippen molar-refractivity contribution < 1.29 is 29.6 Å². The first-order chi connectivity index (χ1) is 26.1. The van der Waals surface area contributed by atoms with E-state index in [0.29, 0.717) is 44.0 Å². The average molecular weight is 738 g/mol. The van der Waals surface area contributed by atoms with Gasteiger partial charge in [-0.3, -0.25) is 4.79 Å². The average Bonchev–Trinajstić information content (AvgIpc) is 3.65. The third-order valence-electron chi connectivity index (χ3n) is 12.1. The summed E-state index contributed by atoms with van der Waals surface area (Å²) < 4.78 is 12.7. The molecular formula is C45H59N3O6. The van der Waals surface area contributed by atoms with E-state index in [2.05, 4.69) is 35.9 Å². The van der Waals surface area contributed by atoms with E-state index in [1.54, 1.807) is 19.3 Å². The van der Waals surface area contributed by atoms with E-state index in [1.165, 1.54) is 5.57 Å². The molecule has 0 amide bonds. The van der Waals surface area contributed by atoms with Crippen LogP contribution in [0.15, 0.2) is 58.6 Å². The standard InChI is InChI=1S/C45H59N3O6/c1-4-9-28(25-49)20-34(51)17-16-30-24-41(54-35-13-5-6-14-35)44(52)43-36(30)15-8-11-32(48-45(46)47)21-31-23-38-37(29-10-7-12-33(50)22-29)18-27(2)19-39(38)42(43)40(31)26-53-3/h7,10,12,20,22-24,27,31-32,35,37,39-40,42,49-50,52H,4-6,9,11,13-14,16-19,21,25-26H2,1-3H3,(H4,46,47,48)/b28-20-/t27-,31+,32+,37-,39-,40+,42+/m1/s1. The minimum absolute atomic E-state index is 0.000273. The van der Waals surface area contributed by atoms with Crippen LogP contribution < -0.4 is 16.2 Å². The lowest BCUT2D eigenvalue weighted by atomic mass is 9.55. The van der Waals surface area contributed by atoms with Gasteiger partial charge >= 0.3 is 0 Å². The number of aliphatic imine (C=N–C) groups is 1. The first-order valence-electron chi connectivity index (χ1n) is 20.1. The van der Waals surface area contributed by atoms with Crippen LogP contribution in [0.1, 0.15) is 119 Å². The molecule has 2 fully saturated rings. The number of aromatic hydroxyl groups is 2. The first kappa shape index (κ1) is 39.4. The summed E-state index contributed by atoms with van der Waals surface area (Å²) >= 11 is 0. The lowest BCUT2D eigenvalue weighted by molar-refractivity contribution is -0.114. The van der Waals surface area contributed by atoms with Crippen molar-refractivity contribution in [3.8, 4) is 29.1 Å². The number of benzene rings is 2. The highest BCUT2D eigenvalue weighted by atomic mass is 16.5. The Morgan fingerprint density at radius 2 is 1.89 bits per heavy atom. The number of guanidine groups is 1. The summed E-state index contributed by atoms with van der Waals surface area (Å²) in [5.74, 6) is 7.97. The minimum Gasteiger partial charge on any atom is -0.508 e. The highest BCUT2D eigenvalue weighted by molar-refractivity contribution is 5.90. The minimum atomic E-state index is -0.256. The second-order valence-electron chi connectivity index (χ2n) is 16.1. The van der Waals surface area contributed by atoms with Gasteiger partial charge in [0, 0.05) is 42.9 Å². The number of carbonyl (C=O) groups is 1. The molecule has 7 atom stereocenters. The van der Waals surface area contributed by atoms with E-state index in [0.717, 1.165) is 72.8 Å². The van der Waals surface area contributed by atoms with Crippen LogP contribution in [0.4, 0.5) is 0 Å². The first-order valence-corrected chi connectivity index (χ1v) is 20.1. The lowest BCUT2D eigenvalue weighted by Crippen LogP contribution is -2.41. The van der Waals surface area contributed by atoms with Gasteiger partial charge in [0.2, 0.25) is 0 Å². The van der Waals surface area contributed by atoms with E-state index in [4.69, 9.17) is 20.9 Å². The van der Waals surface area contributed by atoms with Crippen molar-refractivity contribution >= 4 is 11.7 Å². The molecule has 9 heteroatoms. The van der Waals surface area contributed by atoms with Gasteiger partial charge in [-0.1, -0.05) is 55.9 Å². The molecule has 0 heterocycles. The van der Waals surface area contributed by atoms with Gasteiger partial charge in [-0.2, -0.15) is 0 Å². The number of aliphatic hydroxyl groups is 1. The maximum absolute atomic E-state index is 13.4. The van der Waals surface area contributed by atoms with Crippen molar-refractivity contribution in [3.05, 3.63) is 75.9 Å². The monoisotopic (exact) mass is 737 g/mol. The molecule has 4 aliphatic rings. The number of aliphatic hydroxyl groups excluding tert-OH is 1. The molecule has 0 spiro atoms. The molecule has 54 heavy (non-hydrogen) atoms. The van der Waals surface area contributed by atoms with Crippen molar-refractivity contribution in [2.45, 2.75) is 115 Å². The molecule has 7 N–H and O–H groups in total. The molecule has 0 saturated heterocycles. The van der Waals surface area contributed by atoms with E-state index in [-0.39, 0.29) is 78.0 Å². The molecule has 0 unspecified atom stereocenters. The molecule has 290 valence electrons. The van der Waals surface area contributed by atoms with E-state index in [9.17, 15) is 20.1 Å². The van der Waals surface area contributed by atoms with Gasteiger partial charge in [0.25, 0.3) is 0 Å². The predicted octanol–water partition coefficient (Wildman–Crippen LogP) is 7.16. The van der Waals surface area contributed by atoms with Gasteiger partial charge in [-0.15, -0.1) is 0 Å². The van der Waals surface area contributed by atoms with Gasteiger partial charge < -0.3 is 36.3 Å². The van der Waals surface area contributed by atoms with Crippen LogP contribution in [0.5, 0.6) is 17.2 Å². The SMILES string of the molecule is CCC/C(=C/C(=O)CCc1cc(OC2CCCC2)c(O)c2c1C#CC[C@H](N=C(N)N)C[C@H]1C=C3[C@@H](C[C@H](C)C[C@@H]3c3cccc(O)c3)[C@H]2[C@H]1COC)CO. The zero-order valence-electron chi connectivity index (χ0n) is 32.2. The Morgan fingerprint density at radius 3 is 2.59 bits per heavy atom. The largest absolute Gasteiger partial charge is 0.508 e. The third-order valence-corrected chi connectivity index (χ3v) is 12.1. The number of nitrogens with two attached hydrogens (primary N) is 2. The Morgan fingerprint density at radius 1 is 1.09 bits per heavy atom. The molecule has 0 aliphatic heterocycles. The van der Waals surface area contributed by atoms with Crippen molar-refractivity contribution in [1.82, 2.24) is 0 Å². The summed E-state index contributed by atoms with van der Waals surface area (Å²) in [5, 5.41) is 33.1. The Kier molecular flexibility index (Phi) is 13.1. The molecule has 0 radical (unpaired) electrons. The number of carbonyl (C=O) groups excluding carboxylic acids is 1. The summed E-state index contributed by atoms with van der Waals surface area (Å²) in [6.07, 6.45) is 13.1. The zero-order chi connectivity index (χ0) is 38.4. The molecule has 2 saturated carbocycles. The topological polar surface area (TPSA) is 161 Å². The molecule has 0 aromatic heterocycles. The summed E-state index contributed by atoms with van der Waals surface area (Å²) in [4.78, 5) is 18.0. The van der Waals surface area contributed by atoms with Crippen LogP contribution in [0.25, 0.3) is 0 Å². The zero-order valence-corrected chi connectivity index (χ0v) is 32.2. The fraction of sp³-hybridized carbons (Fsp3) is 0.556. The number of methoxy groups -OCH3 is 1. The second-order valence-corrected chi connectivity index (χ2v) is 16.1. The molecule has 9 nitrogen and oxygen atoms in total. The number of hydrogen-bond acceptors (Lipinski definition) is 7. The number of phenols is 2. The Bertz CT molecular complexity index is 1810. The van der Waals surface area contributed by atoms with Gasteiger partial charge in [0.15, 0.2) is 23.2 Å². The highest BCUT2D eigenvalue weighted by Gasteiger charge is 2.48. The summed E-state index contributed by atoms with van der Waals surface area (Å²) in [6.45, 7) is 4.64. The van der Waals surface area contributed by atoms with Crippen molar-refractivity contribution in [2.24, 2.45) is 40.1 Å². The van der Waals surface area contributed by atoms with Gasteiger partial charge in [-0.05, 0) is 122 Å². The number of nitrogens with zero attached hydrogens (tertiary/aromatic N) is 1. The van der Waals surface area contributed by atoms with Gasteiger partial charge in [-0.25, -0.2) is 4.99 Å². The van der Waals surface area contributed by atoms with Crippen molar-refractivity contribution in [2.75, 3.05) is 20.3 Å². The van der Waals surface area contributed by atoms with E-state index < -0.39 is 0 Å².